The fraction of sp³-hybridized carbons (Fsp3) is 0.909. The zero-order chi connectivity index (χ0) is 12.0. The largest absolute Gasteiger partial charge is 0.392 e. The molecule has 2 unspecified atom stereocenters. The van der Waals surface area contributed by atoms with Gasteiger partial charge in [-0.2, -0.15) is 0 Å². The van der Waals surface area contributed by atoms with E-state index in [1.807, 2.05) is 0 Å². The van der Waals surface area contributed by atoms with Gasteiger partial charge in [0.05, 0.1) is 18.8 Å². The molecule has 0 radical (unpaired) electrons. The summed E-state index contributed by atoms with van der Waals surface area (Å²) in [4.78, 5) is 11.5. The van der Waals surface area contributed by atoms with Crippen LogP contribution in [0.25, 0.3) is 0 Å². The van der Waals surface area contributed by atoms with Crippen LogP contribution in [0.15, 0.2) is 0 Å². The molecule has 0 aromatic heterocycles. The molecule has 1 heterocycles. The van der Waals surface area contributed by atoms with Crippen LogP contribution < -0.4 is 10.6 Å². The fourth-order valence-corrected chi connectivity index (χ4v) is 1.61. The quantitative estimate of drug-likeness (QED) is 0.538. The van der Waals surface area contributed by atoms with Crippen molar-refractivity contribution < 1.29 is 14.6 Å². The number of nitrogens with one attached hydrogen (secondary N) is 2. The maximum Gasteiger partial charge on any atom is 0.237 e. The van der Waals surface area contributed by atoms with Gasteiger partial charge in [0, 0.05) is 19.7 Å². The first-order chi connectivity index (χ1) is 7.59. The monoisotopic (exact) mass is 230 g/mol. The molecule has 1 aliphatic heterocycles. The van der Waals surface area contributed by atoms with E-state index >= 15 is 0 Å². The smallest absolute Gasteiger partial charge is 0.237 e. The van der Waals surface area contributed by atoms with E-state index in [1.54, 1.807) is 0 Å². The molecule has 0 spiro atoms. The fourth-order valence-electron chi connectivity index (χ4n) is 1.61. The van der Waals surface area contributed by atoms with Crippen molar-refractivity contribution in [3.05, 3.63) is 0 Å². The summed E-state index contributed by atoms with van der Waals surface area (Å²) in [5, 5.41) is 15.0. The van der Waals surface area contributed by atoms with Crippen molar-refractivity contribution in [3.8, 4) is 0 Å². The van der Waals surface area contributed by atoms with Crippen LogP contribution >= 0.6 is 0 Å². The molecule has 1 saturated heterocycles. The first-order valence-corrected chi connectivity index (χ1v) is 5.86. The number of carbonyl (C=O) groups is 1. The molecule has 16 heavy (non-hydrogen) atoms. The number of aliphatic hydroxyl groups is 1. The summed E-state index contributed by atoms with van der Waals surface area (Å²) in [6.45, 7) is 6.46. The molecule has 5 heteroatoms. The molecule has 0 aliphatic carbocycles. The number of rotatable bonds is 6. The predicted molar refractivity (Wildman–Crippen MR) is 61.1 cm³/mol. The highest BCUT2D eigenvalue weighted by Gasteiger charge is 2.27. The first kappa shape index (κ1) is 13.4. The van der Waals surface area contributed by atoms with E-state index in [9.17, 15) is 9.90 Å². The van der Waals surface area contributed by atoms with Crippen LogP contribution in [0.5, 0.6) is 0 Å². The van der Waals surface area contributed by atoms with E-state index in [-0.39, 0.29) is 11.9 Å². The Bertz CT molecular complexity index is 221. The summed E-state index contributed by atoms with van der Waals surface area (Å²) in [5.41, 5.74) is 0. The van der Waals surface area contributed by atoms with Crippen LogP contribution in [0.1, 0.15) is 20.3 Å². The van der Waals surface area contributed by atoms with Crippen LogP contribution in [0.3, 0.4) is 0 Å². The number of aliphatic hydroxyl groups excluding tert-OH is 1. The van der Waals surface area contributed by atoms with Gasteiger partial charge in [-0.1, -0.05) is 13.8 Å². The van der Waals surface area contributed by atoms with E-state index < -0.39 is 6.10 Å². The van der Waals surface area contributed by atoms with Gasteiger partial charge in [-0.3, -0.25) is 4.79 Å². The van der Waals surface area contributed by atoms with Crippen LogP contribution in [0.4, 0.5) is 0 Å². The Kier molecular flexibility index (Phi) is 5.73. The Balaban J connectivity index is 2.02. The topological polar surface area (TPSA) is 70.6 Å². The Morgan fingerprint density at radius 2 is 2.38 bits per heavy atom. The standard InChI is InChI=1S/C11H22N2O3/c1-8(2)7-16-4-3-12-11(15)10-5-9(14)6-13-10/h8-10,13-14H,3-7H2,1-2H3,(H,12,15). The second-order valence-electron chi connectivity index (χ2n) is 4.61. The van der Waals surface area contributed by atoms with Crippen molar-refractivity contribution in [1.29, 1.82) is 0 Å². The van der Waals surface area contributed by atoms with Crippen molar-refractivity contribution in [1.82, 2.24) is 10.6 Å². The third kappa shape index (κ3) is 4.92. The first-order valence-electron chi connectivity index (χ1n) is 5.86. The molecule has 1 fully saturated rings. The molecule has 94 valence electrons. The lowest BCUT2D eigenvalue weighted by molar-refractivity contribution is -0.123. The van der Waals surface area contributed by atoms with Crippen LogP contribution in [0, 0.1) is 5.92 Å². The van der Waals surface area contributed by atoms with Crippen LogP contribution in [-0.2, 0) is 9.53 Å². The molecular weight excluding hydrogens is 208 g/mol. The normalized spacial score (nSPS) is 25.0. The SMILES string of the molecule is CC(C)COCCNC(=O)C1CC(O)CN1. The summed E-state index contributed by atoms with van der Waals surface area (Å²) in [6, 6.07) is -0.250. The van der Waals surface area contributed by atoms with Gasteiger partial charge in [0.15, 0.2) is 0 Å². The maximum atomic E-state index is 11.5. The lowest BCUT2D eigenvalue weighted by atomic mass is 10.2. The highest BCUT2D eigenvalue weighted by molar-refractivity contribution is 5.82. The molecule has 1 amide bonds. The van der Waals surface area contributed by atoms with E-state index in [2.05, 4.69) is 24.5 Å². The van der Waals surface area contributed by atoms with Crippen LogP contribution in [0.2, 0.25) is 0 Å². The molecule has 1 rings (SSSR count). The molecule has 2 atom stereocenters. The molecule has 1 aliphatic rings. The number of hydrogen-bond acceptors (Lipinski definition) is 4. The number of amides is 1. The molecule has 0 aromatic rings. The Hall–Kier alpha value is -0.650. The Morgan fingerprint density at radius 1 is 1.62 bits per heavy atom. The van der Waals surface area contributed by atoms with Gasteiger partial charge in [-0.05, 0) is 12.3 Å². The van der Waals surface area contributed by atoms with E-state index in [4.69, 9.17) is 4.74 Å². The van der Waals surface area contributed by atoms with Gasteiger partial charge >= 0.3 is 0 Å². The summed E-state index contributed by atoms with van der Waals surface area (Å²) >= 11 is 0. The minimum atomic E-state index is -0.395. The average Bonchev–Trinajstić information content (AvgIpc) is 2.63. The van der Waals surface area contributed by atoms with Gasteiger partial charge in [0.1, 0.15) is 0 Å². The van der Waals surface area contributed by atoms with Gasteiger partial charge in [-0.15, -0.1) is 0 Å². The number of ether oxygens (including phenoxy) is 1. The lowest BCUT2D eigenvalue weighted by Gasteiger charge is -2.11. The summed E-state index contributed by atoms with van der Waals surface area (Å²) < 4.78 is 5.34. The van der Waals surface area contributed by atoms with Gasteiger partial charge in [0.2, 0.25) is 5.91 Å². The second kappa shape index (κ2) is 6.83. The lowest BCUT2D eigenvalue weighted by Crippen LogP contribution is -2.41. The Labute approximate surface area is 96.6 Å². The van der Waals surface area contributed by atoms with Gasteiger partial charge < -0.3 is 20.5 Å². The third-order valence-corrected chi connectivity index (χ3v) is 2.42. The third-order valence-electron chi connectivity index (χ3n) is 2.42. The highest BCUT2D eigenvalue weighted by Crippen LogP contribution is 2.05. The molecule has 0 aromatic carbocycles. The average molecular weight is 230 g/mol. The van der Waals surface area contributed by atoms with E-state index in [0.29, 0.717) is 32.0 Å². The second-order valence-corrected chi connectivity index (χ2v) is 4.61. The number of hydrogen-bond donors (Lipinski definition) is 3. The molecule has 0 bridgehead atoms. The molecule has 0 saturated carbocycles. The number of β-amino-alcohol motifs (C(OH)–C–C–N with tert-alkyl or cyclic N) is 1. The van der Waals surface area contributed by atoms with Crippen molar-refractivity contribution in [2.45, 2.75) is 32.4 Å². The van der Waals surface area contributed by atoms with Crippen molar-refractivity contribution >= 4 is 5.91 Å². The minimum absolute atomic E-state index is 0.0512. The zero-order valence-corrected chi connectivity index (χ0v) is 10.0. The van der Waals surface area contributed by atoms with E-state index in [0.717, 1.165) is 6.61 Å². The van der Waals surface area contributed by atoms with Crippen LogP contribution in [-0.4, -0.2) is 49.5 Å². The van der Waals surface area contributed by atoms with Gasteiger partial charge in [-0.25, -0.2) is 0 Å². The highest BCUT2D eigenvalue weighted by atomic mass is 16.5. The van der Waals surface area contributed by atoms with E-state index in [1.165, 1.54) is 0 Å². The summed E-state index contributed by atoms with van der Waals surface area (Å²) in [7, 11) is 0. The maximum absolute atomic E-state index is 11.5. The van der Waals surface area contributed by atoms with Crippen molar-refractivity contribution in [2.24, 2.45) is 5.92 Å². The summed E-state index contributed by atoms with van der Waals surface area (Å²) in [5.74, 6) is 0.465. The predicted octanol–water partition coefficient (Wildman–Crippen LogP) is -0.502. The minimum Gasteiger partial charge on any atom is -0.392 e. The molecule has 3 N–H and O–H groups in total. The molecule has 5 nitrogen and oxygen atoms in total. The molecular formula is C11H22N2O3. The number of carbonyl (C=O) groups excluding carboxylic acids is 1. The zero-order valence-electron chi connectivity index (χ0n) is 10.0. The Morgan fingerprint density at radius 3 is 2.94 bits per heavy atom. The van der Waals surface area contributed by atoms with Crippen molar-refractivity contribution in [3.63, 3.8) is 0 Å². The van der Waals surface area contributed by atoms with Gasteiger partial charge in [0.25, 0.3) is 0 Å². The summed E-state index contributed by atoms with van der Waals surface area (Å²) in [6.07, 6.45) is 0.103. The van der Waals surface area contributed by atoms with Crippen molar-refractivity contribution in [2.75, 3.05) is 26.3 Å².